The van der Waals surface area contributed by atoms with Crippen LogP contribution in [0, 0.1) is 11.1 Å². The molecule has 1 aliphatic carbocycles. The number of ether oxygens (including phenoxy) is 3. The van der Waals surface area contributed by atoms with Crippen molar-refractivity contribution in [2.45, 2.75) is 55.8 Å². The third kappa shape index (κ3) is 8.28. The van der Waals surface area contributed by atoms with Crippen molar-refractivity contribution in [1.29, 1.82) is 0 Å². The molecule has 3 aromatic rings. The van der Waals surface area contributed by atoms with Gasteiger partial charge in [-0.05, 0) is 67.5 Å². The van der Waals surface area contributed by atoms with Crippen molar-refractivity contribution in [3.63, 3.8) is 0 Å². The van der Waals surface area contributed by atoms with E-state index in [9.17, 15) is 32.0 Å². The molecule has 0 bridgehead atoms. The molecule has 16 heteroatoms. The van der Waals surface area contributed by atoms with Gasteiger partial charge in [-0.15, -0.1) is 0 Å². The van der Waals surface area contributed by atoms with Crippen LogP contribution in [0.4, 0.5) is 8.78 Å². The zero-order chi connectivity index (χ0) is 34.7. The van der Waals surface area contributed by atoms with Gasteiger partial charge in [0.25, 0.3) is 5.91 Å². The summed E-state index contributed by atoms with van der Waals surface area (Å²) in [4.78, 5) is 27.5. The fourth-order valence-corrected chi connectivity index (χ4v) is 7.62. The number of rotatable bonds is 13. The van der Waals surface area contributed by atoms with Crippen LogP contribution < -0.4 is 14.2 Å². The number of esters is 1. The number of benzene rings is 2. The van der Waals surface area contributed by atoms with E-state index in [1.165, 1.54) is 47.4 Å². The zero-order valence-electron chi connectivity index (χ0n) is 26.0. The lowest BCUT2D eigenvalue weighted by Gasteiger charge is -2.26. The smallest absolute Gasteiger partial charge is 0.387 e. The summed E-state index contributed by atoms with van der Waals surface area (Å²) in [7, 11) is -1.16. The number of sulfonamides is 1. The predicted octanol–water partition coefficient (Wildman–Crippen LogP) is 5.40. The van der Waals surface area contributed by atoms with Gasteiger partial charge < -0.3 is 24.3 Å². The summed E-state index contributed by atoms with van der Waals surface area (Å²) in [5.74, 6) is -1.21. The maximum atomic E-state index is 13.9. The van der Waals surface area contributed by atoms with Crippen molar-refractivity contribution in [2.24, 2.45) is 5.92 Å². The van der Waals surface area contributed by atoms with Crippen molar-refractivity contribution in [1.82, 2.24) is 9.21 Å². The Morgan fingerprint density at radius 3 is 2.42 bits per heavy atom. The Kier molecular flexibility index (Phi) is 11.0. The maximum absolute atomic E-state index is 13.9. The van der Waals surface area contributed by atoms with Gasteiger partial charge in [0.1, 0.15) is 22.2 Å². The number of pyridine rings is 1. The molecule has 1 saturated carbocycles. The highest BCUT2D eigenvalue weighted by molar-refractivity contribution is 7.89. The molecule has 11 nitrogen and oxygen atoms in total. The van der Waals surface area contributed by atoms with E-state index in [4.69, 9.17) is 32.7 Å². The van der Waals surface area contributed by atoms with E-state index >= 15 is 0 Å². The summed E-state index contributed by atoms with van der Waals surface area (Å²) in [5.41, 5.74) is 0.716. The molecule has 2 aliphatic rings. The van der Waals surface area contributed by atoms with Crippen LogP contribution in [0.25, 0.3) is 0 Å². The first-order valence-electron chi connectivity index (χ1n) is 15.1. The van der Waals surface area contributed by atoms with E-state index in [1.807, 2.05) is 0 Å². The highest BCUT2D eigenvalue weighted by Crippen LogP contribution is 2.38. The fourth-order valence-electron chi connectivity index (χ4n) is 5.33. The first kappa shape index (κ1) is 35.6. The van der Waals surface area contributed by atoms with Crippen LogP contribution in [-0.4, -0.2) is 69.4 Å². The van der Waals surface area contributed by atoms with Gasteiger partial charge in [-0.25, -0.2) is 8.42 Å². The van der Waals surface area contributed by atoms with Crippen molar-refractivity contribution < 1.29 is 45.7 Å². The number of hydrogen-bond donors (Lipinski definition) is 0. The van der Waals surface area contributed by atoms with E-state index in [2.05, 4.69) is 4.74 Å². The standard InChI is InChI=1S/C32H33Cl2F2N3O8S/c1-37(2)30(40)21-5-3-6-22(13-21)48(43,44)39-12-4-7-26(39)31(41)46-28(15-23-24(33)16-38(42)17-25(23)34)20-10-11-27(47-32(35)36)29(14-20)45-18-19-8-9-19/h3,5-6,10-11,13-14,16-17,19,26,28,32H,4,7-9,12,15,18H2,1-2H3/t26-,28+/m1/s1. The highest BCUT2D eigenvalue weighted by atomic mass is 35.5. The molecule has 1 saturated heterocycles. The molecule has 0 unspecified atom stereocenters. The Hall–Kier alpha value is -3.72. The molecule has 48 heavy (non-hydrogen) atoms. The number of nitrogens with zero attached hydrogens (tertiary/aromatic N) is 3. The van der Waals surface area contributed by atoms with Crippen LogP contribution in [0.5, 0.6) is 11.5 Å². The van der Waals surface area contributed by atoms with Crippen molar-refractivity contribution in [3.05, 3.63) is 86.8 Å². The van der Waals surface area contributed by atoms with Gasteiger partial charge in [-0.3, -0.25) is 9.59 Å². The van der Waals surface area contributed by atoms with Crippen molar-refractivity contribution >= 4 is 45.1 Å². The number of hydrogen-bond acceptors (Lipinski definition) is 8. The topological polar surface area (TPSA) is 129 Å². The van der Waals surface area contributed by atoms with Gasteiger partial charge in [-0.2, -0.15) is 17.8 Å². The SMILES string of the molecule is CN(C)C(=O)c1cccc(S(=O)(=O)N2CCC[C@@H]2C(=O)O[C@@H](Cc2c(Cl)c[n+]([O-])cc2Cl)c2ccc(OC(F)F)c(OCC3CC3)c2)c1. The Bertz CT molecular complexity index is 1770. The summed E-state index contributed by atoms with van der Waals surface area (Å²) in [5, 5.41) is 11.9. The highest BCUT2D eigenvalue weighted by Gasteiger charge is 2.42. The average Bonchev–Trinajstić information content (AvgIpc) is 3.72. The van der Waals surface area contributed by atoms with Crippen LogP contribution >= 0.6 is 23.2 Å². The van der Waals surface area contributed by atoms with Gasteiger partial charge in [0, 0.05) is 38.2 Å². The molecule has 0 radical (unpaired) electrons. The monoisotopic (exact) mass is 727 g/mol. The van der Waals surface area contributed by atoms with Crippen LogP contribution in [0.15, 0.2) is 59.8 Å². The van der Waals surface area contributed by atoms with Crippen molar-refractivity contribution in [2.75, 3.05) is 27.2 Å². The lowest BCUT2D eigenvalue weighted by molar-refractivity contribution is -0.605. The van der Waals surface area contributed by atoms with E-state index < -0.39 is 40.7 Å². The molecule has 0 spiro atoms. The van der Waals surface area contributed by atoms with Crippen LogP contribution in [0.2, 0.25) is 10.0 Å². The number of carbonyl (C=O) groups is 2. The average molecular weight is 729 g/mol. The first-order valence-corrected chi connectivity index (χ1v) is 17.3. The zero-order valence-corrected chi connectivity index (χ0v) is 28.3. The predicted molar refractivity (Wildman–Crippen MR) is 171 cm³/mol. The molecule has 2 fully saturated rings. The number of amides is 1. The second-order valence-electron chi connectivity index (χ2n) is 11.8. The minimum atomic E-state index is -4.25. The van der Waals surface area contributed by atoms with Gasteiger partial charge in [0.05, 0.1) is 11.5 Å². The molecule has 2 heterocycles. The molecule has 2 atom stereocenters. The molecule has 0 N–H and O–H groups in total. The van der Waals surface area contributed by atoms with E-state index in [0.717, 1.165) is 29.5 Å². The number of halogens is 4. The second kappa shape index (κ2) is 14.8. The second-order valence-corrected chi connectivity index (χ2v) is 14.5. The Morgan fingerprint density at radius 2 is 1.77 bits per heavy atom. The largest absolute Gasteiger partial charge is 0.619 e. The minimum Gasteiger partial charge on any atom is -0.619 e. The Morgan fingerprint density at radius 1 is 1.06 bits per heavy atom. The van der Waals surface area contributed by atoms with Crippen molar-refractivity contribution in [3.8, 4) is 11.5 Å². The summed E-state index contributed by atoms with van der Waals surface area (Å²) in [6.07, 6.45) is 3.21. The lowest BCUT2D eigenvalue weighted by Crippen LogP contribution is -2.42. The fraction of sp³-hybridized carbons (Fsp3) is 0.406. The van der Waals surface area contributed by atoms with Gasteiger partial charge in [0.15, 0.2) is 23.9 Å². The molecular weight excluding hydrogens is 695 g/mol. The maximum Gasteiger partial charge on any atom is 0.387 e. The Labute approximate surface area is 286 Å². The van der Waals surface area contributed by atoms with Crippen LogP contribution in [-0.2, 0) is 26.0 Å². The molecule has 1 amide bonds. The summed E-state index contributed by atoms with van der Waals surface area (Å²) in [6.45, 7) is -2.83. The molecule has 1 aromatic heterocycles. The molecule has 1 aliphatic heterocycles. The Balaban J connectivity index is 1.47. The first-order chi connectivity index (χ1) is 22.7. The van der Waals surface area contributed by atoms with Gasteiger partial charge in [-0.1, -0.05) is 35.3 Å². The summed E-state index contributed by atoms with van der Waals surface area (Å²) in [6, 6.07) is 8.42. The third-order valence-corrected chi connectivity index (χ3v) is 10.6. The normalized spacial score (nSPS) is 17.3. The van der Waals surface area contributed by atoms with Crippen LogP contribution in [0.3, 0.4) is 0 Å². The lowest BCUT2D eigenvalue weighted by atomic mass is 10.0. The summed E-state index contributed by atoms with van der Waals surface area (Å²) < 4.78 is 71.9. The summed E-state index contributed by atoms with van der Waals surface area (Å²) >= 11 is 12.7. The number of carbonyl (C=O) groups excluding carboxylic acids is 2. The van der Waals surface area contributed by atoms with Gasteiger partial charge in [0.2, 0.25) is 10.0 Å². The van der Waals surface area contributed by atoms with E-state index in [-0.39, 0.29) is 69.5 Å². The quantitative estimate of drug-likeness (QED) is 0.130. The molecule has 5 rings (SSSR count). The minimum absolute atomic E-state index is 0.000582. The van der Waals surface area contributed by atoms with E-state index in [1.54, 1.807) is 14.1 Å². The number of aromatic nitrogens is 1. The third-order valence-electron chi connectivity index (χ3n) is 8.00. The van der Waals surface area contributed by atoms with Gasteiger partial charge >= 0.3 is 12.6 Å². The molecule has 2 aromatic carbocycles. The number of alkyl halides is 2. The molecule has 258 valence electrons. The van der Waals surface area contributed by atoms with Crippen LogP contribution in [0.1, 0.15) is 53.3 Å². The van der Waals surface area contributed by atoms with E-state index in [0.29, 0.717) is 16.7 Å². The molecular formula is C32H33Cl2F2N3O8S.